The maximum atomic E-state index is 11.2. The number of hydrogen-bond acceptors (Lipinski definition) is 3. The topological polar surface area (TPSA) is 89.9 Å². The largest absolute Gasteiger partial charge is 0.352 e. The van der Waals surface area contributed by atoms with Crippen LogP contribution in [0.3, 0.4) is 0 Å². The Morgan fingerprint density at radius 2 is 1.88 bits per heavy atom. The van der Waals surface area contributed by atoms with Crippen LogP contribution in [-0.4, -0.2) is 19.5 Å². The minimum Gasteiger partial charge on any atom is -0.352 e. The van der Waals surface area contributed by atoms with Gasteiger partial charge in [-0.15, -0.1) is 0 Å². The van der Waals surface area contributed by atoms with Crippen molar-refractivity contribution in [3.63, 3.8) is 0 Å². The Labute approximate surface area is 99.7 Å². The lowest BCUT2D eigenvalue weighted by atomic mass is 10.1. The number of azide groups is 1. The maximum Gasteiger partial charge on any atom is 0.226 e. The van der Waals surface area contributed by atoms with Gasteiger partial charge in [-0.05, 0) is 23.7 Å². The van der Waals surface area contributed by atoms with E-state index in [0.717, 1.165) is 12.1 Å². The van der Waals surface area contributed by atoms with Crippen LogP contribution in [0, 0.1) is 0 Å². The molecule has 0 saturated heterocycles. The van der Waals surface area contributed by atoms with Crippen LogP contribution in [-0.2, 0) is 17.9 Å². The normalized spacial score (nSPS) is 9.47. The molecule has 0 aromatic heterocycles. The number of carbonyl (C=O) groups excluding carboxylic acids is 1. The number of amides is 1. The fourth-order valence-corrected chi connectivity index (χ4v) is 1.33. The van der Waals surface area contributed by atoms with Crippen molar-refractivity contribution in [2.24, 2.45) is 5.11 Å². The molecule has 6 nitrogen and oxygen atoms in total. The Bertz CT molecular complexity index is 408. The maximum absolute atomic E-state index is 11.2. The van der Waals surface area contributed by atoms with Crippen LogP contribution in [0.2, 0.25) is 0 Å². The molecule has 1 rings (SSSR count). The molecular formula is C11H15N5O. The molecule has 0 atom stereocenters. The first-order chi connectivity index (χ1) is 8.26. The summed E-state index contributed by atoms with van der Waals surface area (Å²) >= 11 is 0. The summed E-state index contributed by atoms with van der Waals surface area (Å²) in [7, 11) is 1.89. The second kappa shape index (κ2) is 7.27. The third-order valence-electron chi connectivity index (χ3n) is 2.17. The number of carbonyl (C=O) groups is 1. The average molecular weight is 233 g/mol. The Hall–Kier alpha value is -2.04. The van der Waals surface area contributed by atoms with Crippen LogP contribution in [0.4, 0.5) is 0 Å². The summed E-state index contributed by atoms with van der Waals surface area (Å²) in [5.41, 5.74) is 10.3. The molecule has 0 aliphatic rings. The third kappa shape index (κ3) is 5.01. The standard InChI is InChI=1S/C11H15N5O/c1-13-6-9-2-4-10(5-3-9)7-14-11(17)8-15-16-12/h2-5,13H,6-8H2,1H3,(H,14,17). The highest BCUT2D eigenvalue weighted by Gasteiger charge is 1.99. The van der Waals surface area contributed by atoms with E-state index >= 15 is 0 Å². The number of rotatable bonds is 6. The predicted octanol–water partition coefficient (Wildman–Crippen LogP) is 1.33. The minimum absolute atomic E-state index is 0.158. The Morgan fingerprint density at radius 1 is 1.29 bits per heavy atom. The van der Waals surface area contributed by atoms with E-state index in [1.165, 1.54) is 5.56 Å². The van der Waals surface area contributed by atoms with Crippen molar-refractivity contribution in [2.45, 2.75) is 13.1 Å². The Balaban J connectivity index is 2.41. The van der Waals surface area contributed by atoms with Crippen molar-refractivity contribution in [1.29, 1.82) is 0 Å². The van der Waals surface area contributed by atoms with Crippen molar-refractivity contribution in [1.82, 2.24) is 10.6 Å². The highest BCUT2D eigenvalue weighted by atomic mass is 16.1. The molecule has 0 heterocycles. The average Bonchev–Trinajstić information content (AvgIpc) is 2.36. The van der Waals surface area contributed by atoms with E-state index in [0.29, 0.717) is 6.54 Å². The fourth-order valence-electron chi connectivity index (χ4n) is 1.33. The van der Waals surface area contributed by atoms with Crippen LogP contribution in [0.1, 0.15) is 11.1 Å². The highest BCUT2D eigenvalue weighted by Crippen LogP contribution is 2.03. The molecule has 1 aromatic rings. The van der Waals surface area contributed by atoms with Gasteiger partial charge in [0, 0.05) is 18.0 Å². The van der Waals surface area contributed by atoms with Gasteiger partial charge in [0.25, 0.3) is 0 Å². The van der Waals surface area contributed by atoms with Gasteiger partial charge in [-0.25, -0.2) is 0 Å². The first kappa shape index (κ1) is 13.0. The molecule has 6 heteroatoms. The molecule has 2 N–H and O–H groups in total. The number of hydrogen-bond donors (Lipinski definition) is 2. The highest BCUT2D eigenvalue weighted by molar-refractivity contribution is 5.78. The van der Waals surface area contributed by atoms with Gasteiger partial charge in [0.1, 0.15) is 6.54 Å². The quantitative estimate of drug-likeness (QED) is 0.441. The van der Waals surface area contributed by atoms with E-state index in [9.17, 15) is 4.79 Å². The minimum atomic E-state index is -0.276. The molecule has 0 saturated carbocycles. The second-order valence-corrected chi connectivity index (χ2v) is 3.51. The van der Waals surface area contributed by atoms with Crippen molar-refractivity contribution in [3.8, 4) is 0 Å². The summed E-state index contributed by atoms with van der Waals surface area (Å²) in [5, 5.41) is 8.91. The van der Waals surface area contributed by atoms with Crippen molar-refractivity contribution in [3.05, 3.63) is 45.8 Å². The van der Waals surface area contributed by atoms with Gasteiger partial charge in [0.15, 0.2) is 0 Å². The second-order valence-electron chi connectivity index (χ2n) is 3.51. The van der Waals surface area contributed by atoms with Gasteiger partial charge in [-0.3, -0.25) is 4.79 Å². The molecule has 0 aliphatic carbocycles. The summed E-state index contributed by atoms with van der Waals surface area (Å²) in [6.07, 6.45) is 0. The smallest absolute Gasteiger partial charge is 0.226 e. The van der Waals surface area contributed by atoms with Crippen LogP contribution in [0.5, 0.6) is 0 Å². The van der Waals surface area contributed by atoms with E-state index in [2.05, 4.69) is 20.7 Å². The van der Waals surface area contributed by atoms with Gasteiger partial charge in [0.2, 0.25) is 5.91 Å². The molecule has 17 heavy (non-hydrogen) atoms. The molecule has 0 unspecified atom stereocenters. The molecule has 1 aromatic carbocycles. The third-order valence-corrected chi connectivity index (χ3v) is 2.17. The van der Waals surface area contributed by atoms with E-state index in [1.807, 2.05) is 31.3 Å². The lowest BCUT2D eigenvalue weighted by Gasteiger charge is -2.05. The summed E-state index contributed by atoms with van der Waals surface area (Å²) in [6, 6.07) is 7.93. The Morgan fingerprint density at radius 3 is 2.41 bits per heavy atom. The van der Waals surface area contributed by atoms with Crippen LogP contribution >= 0.6 is 0 Å². The van der Waals surface area contributed by atoms with E-state index < -0.39 is 0 Å². The predicted molar refractivity (Wildman–Crippen MR) is 65.1 cm³/mol. The SMILES string of the molecule is CNCc1ccc(CNC(=O)CN=[N+]=[N-])cc1. The van der Waals surface area contributed by atoms with E-state index in [1.54, 1.807) is 0 Å². The molecular weight excluding hydrogens is 218 g/mol. The van der Waals surface area contributed by atoms with Crippen molar-refractivity contribution >= 4 is 5.91 Å². The molecule has 0 bridgehead atoms. The summed E-state index contributed by atoms with van der Waals surface area (Å²) in [4.78, 5) is 13.7. The lowest BCUT2D eigenvalue weighted by molar-refractivity contribution is -0.119. The fraction of sp³-hybridized carbons (Fsp3) is 0.364. The monoisotopic (exact) mass is 233 g/mol. The summed E-state index contributed by atoms with van der Waals surface area (Å²) in [5.74, 6) is -0.276. The zero-order chi connectivity index (χ0) is 12.5. The molecule has 0 aliphatic heterocycles. The Kier molecular flexibility index (Phi) is 5.57. The van der Waals surface area contributed by atoms with Gasteiger partial charge in [-0.2, -0.15) is 0 Å². The zero-order valence-electron chi connectivity index (χ0n) is 9.68. The molecule has 1 amide bonds. The number of benzene rings is 1. The molecule has 0 spiro atoms. The molecule has 0 radical (unpaired) electrons. The van der Waals surface area contributed by atoms with Gasteiger partial charge in [0.05, 0.1) is 0 Å². The first-order valence-corrected chi connectivity index (χ1v) is 5.26. The molecule has 0 fully saturated rings. The van der Waals surface area contributed by atoms with Gasteiger partial charge in [-0.1, -0.05) is 29.4 Å². The summed E-state index contributed by atoms with van der Waals surface area (Å²) < 4.78 is 0. The van der Waals surface area contributed by atoms with Gasteiger partial charge < -0.3 is 10.6 Å². The first-order valence-electron chi connectivity index (χ1n) is 5.26. The zero-order valence-corrected chi connectivity index (χ0v) is 9.68. The summed E-state index contributed by atoms with van der Waals surface area (Å²) in [6.45, 7) is 1.11. The number of nitrogens with zero attached hydrogens (tertiary/aromatic N) is 3. The number of nitrogens with one attached hydrogen (secondary N) is 2. The van der Waals surface area contributed by atoms with E-state index in [4.69, 9.17) is 5.53 Å². The lowest BCUT2D eigenvalue weighted by Crippen LogP contribution is -2.24. The van der Waals surface area contributed by atoms with Crippen molar-refractivity contribution < 1.29 is 4.79 Å². The van der Waals surface area contributed by atoms with Crippen LogP contribution in [0.15, 0.2) is 29.4 Å². The molecule has 90 valence electrons. The van der Waals surface area contributed by atoms with Crippen molar-refractivity contribution in [2.75, 3.05) is 13.6 Å². The van der Waals surface area contributed by atoms with Crippen LogP contribution < -0.4 is 10.6 Å². The van der Waals surface area contributed by atoms with Gasteiger partial charge >= 0.3 is 0 Å². The van der Waals surface area contributed by atoms with Crippen LogP contribution in [0.25, 0.3) is 10.4 Å². The van der Waals surface area contributed by atoms with E-state index in [-0.39, 0.29) is 12.5 Å².